The Kier molecular flexibility index (Phi) is 1.42. The third-order valence-electron chi connectivity index (χ3n) is 2.62. The molecule has 3 nitrogen and oxygen atoms in total. The van der Waals surface area contributed by atoms with Crippen LogP contribution in [0.5, 0.6) is 0 Å². The highest BCUT2D eigenvalue weighted by Gasteiger charge is 2.24. The zero-order valence-electron chi connectivity index (χ0n) is 7.66. The molecule has 1 aromatic carbocycles. The molecule has 0 saturated heterocycles. The van der Waals surface area contributed by atoms with Gasteiger partial charge in [0.1, 0.15) is 0 Å². The number of nitrogens with one attached hydrogen (secondary N) is 1. The summed E-state index contributed by atoms with van der Waals surface area (Å²) in [7, 11) is 0. The molecule has 0 bridgehead atoms. The van der Waals surface area contributed by atoms with Crippen LogP contribution >= 0.6 is 0 Å². The van der Waals surface area contributed by atoms with Crippen molar-refractivity contribution in [1.29, 1.82) is 0 Å². The Hall–Kier alpha value is -1.77. The van der Waals surface area contributed by atoms with Crippen LogP contribution in [0, 0.1) is 0 Å². The van der Waals surface area contributed by atoms with E-state index in [1.54, 1.807) is 0 Å². The molecule has 3 heteroatoms. The molecule has 0 saturated carbocycles. The van der Waals surface area contributed by atoms with E-state index in [1.807, 2.05) is 12.1 Å². The maximum absolute atomic E-state index is 11.4. The number of nitrogens with zero attached hydrogens (tertiary/aromatic N) is 1. The van der Waals surface area contributed by atoms with Gasteiger partial charge in [-0.1, -0.05) is 24.3 Å². The van der Waals surface area contributed by atoms with Crippen LogP contribution in [0.15, 0.2) is 24.3 Å². The van der Waals surface area contributed by atoms with Gasteiger partial charge in [-0.2, -0.15) is 0 Å². The summed E-state index contributed by atoms with van der Waals surface area (Å²) in [5.41, 5.74) is 3.28. The molecule has 0 radical (unpaired) electrons. The summed E-state index contributed by atoms with van der Waals surface area (Å²) in [4.78, 5) is 13.5. The normalized spacial score (nSPS) is 17.7. The molecule has 0 atom stereocenters. The zero-order valence-corrected chi connectivity index (χ0v) is 7.66. The third kappa shape index (κ3) is 0.954. The molecule has 0 aromatic heterocycles. The van der Waals surface area contributed by atoms with Crippen molar-refractivity contribution in [2.75, 3.05) is 23.3 Å². The van der Waals surface area contributed by atoms with Crippen LogP contribution in [0.4, 0.5) is 11.4 Å². The lowest BCUT2D eigenvalue weighted by Crippen LogP contribution is -2.39. The molecule has 3 rings (SSSR count). The highest BCUT2D eigenvalue weighted by molar-refractivity contribution is 6.03. The van der Waals surface area contributed by atoms with Gasteiger partial charge >= 0.3 is 0 Å². The van der Waals surface area contributed by atoms with E-state index >= 15 is 0 Å². The average Bonchev–Trinajstić information content (AvgIpc) is 2.18. The second kappa shape index (κ2) is 2.61. The predicted octanol–water partition coefficient (Wildman–Crippen LogP) is 1.47. The highest BCUT2D eigenvalue weighted by atomic mass is 16.2. The molecular formula is C11H10N2O. The van der Waals surface area contributed by atoms with Crippen molar-refractivity contribution < 1.29 is 4.79 Å². The number of hydrogen-bond acceptors (Lipinski definition) is 2. The first-order valence-corrected chi connectivity index (χ1v) is 4.69. The van der Waals surface area contributed by atoms with E-state index in [-0.39, 0.29) is 5.91 Å². The van der Waals surface area contributed by atoms with Crippen molar-refractivity contribution >= 4 is 23.4 Å². The van der Waals surface area contributed by atoms with Gasteiger partial charge in [0.25, 0.3) is 0 Å². The second-order valence-corrected chi connectivity index (χ2v) is 3.57. The van der Waals surface area contributed by atoms with Crippen LogP contribution in [0.25, 0.3) is 6.08 Å². The van der Waals surface area contributed by atoms with Crippen LogP contribution in [-0.4, -0.2) is 19.0 Å². The summed E-state index contributed by atoms with van der Waals surface area (Å²) in [6.07, 6.45) is 4.19. The standard InChI is InChI=1S/C11H10N2O/c14-10-7-13-6-2-4-8-3-1-5-9(12-10)11(8)13/h1-5H,6-7H2,(H,12,14). The van der Waals surface area contributed by atoms with Crippen molar-refractivity contribution in [3.05, 3.63) is 29.8 Å². The van der Waals surface area contributed by atoms with Gasteiger partial charge in [0.2, 0.25) is 5.91 Å². The van der Waals surface area contributed by atoms with E-state index in [1.165, 1.54) is 5.56 Å². The molecule has 14 heavy (non-hydrogen) atoms. The predicted molar refractivity (Wildman–Crippen MR) is 56.3 cm³/mol. The molecule has 2 aliphatic heterocycles. The Labute approximate surface area is 82.0 Å². The van der Waals surface area contributed by atoms with Crippen molar-refractivity contribution in [2.45, 2.75) is 0 Å². The van der Waals surface area contributed by atoms with Crippen LogP contribution in [0.3, 0.4) is 0 Å². The summed E-state index contributed by atoms with van der Waals surface area (Å²) < 4.78 is 0. The molecule has 2 aliphatic rings. The molecule has 70 valence electrons. The van der Waals surface area contributed by atoms with Gasteiger partial charge in [0.05, 0.1) is 17.9 Å². The molecule has 0 aliphatic carbocycles. The van der Waals surface area contributed by atoms with Crippen LogP contribution in [-0.2, 0) is 4.79 Å². The Morgan fingerprint density at radius 1 is 1.36 bits per heavy atom. The lowest BCUT2D eigenvalue weighted by molar-refractivity contribution is -0.115. The minimum absolute atomic E-state index is 0.0740. The lowest BCUT2D eigenvalue weighted by atomic mass is 10.0. The van der Waals surface area contributed by atoms with Crippen LogP contribution in [0.1, 0.15) is 5.56 Å². The van der Waals surface area contributed by atoms with E-state index in [9.17, 15) is 4.79 Å². The summed E-state index contributed by atoms with van der Waals surface area (Å²) in [6.45, 7) is 1.30. The fraction of sp³-hybridized carbons (Fsp3) is 0.182. The number of carbonyl (C=O) groups is 1. The quantitative estimate of drug-likeness (QED) is 0.665. The Morgan fingerprint density at radius 3 is 3.21 bits per heavy atom. The van der Waals surface area contributed by atoms with Crippen LogP contribution < -0.4 is 10.2 Å². The molecule has 1 aromatic rings. The maximum atomic E-state index is 11.4. The maximum Gasteiger partial charge on any atom is 0.243 e. The van der Waals surface area contributed by atoms with Crippen LogP contribution in [0.2, 0.25) is 0 Å². The monoisotopic (exact) mass is 186 g/mol. The first-order chi connectivity index (χ1) is 6.84. The fourth-order valence-electron chi connectivity index (χ4n) is 2.05. The number of benzene rings is 1. The number of hydrogen-bond donors (Lipinski definition) is 1. The average molecular weight is 186 g/mol. The first kappa shape index (κ1) is 7.62. The summed E-state index contributed by atoms with van der Waals surface area (Å²) >= 11 is 0. The Balaban J connectivity index is 2.24. The number of rotatable bonds is 0. The SMILES string of the molecule is O=C1CN2CC=Cc3cccc(c32)N1. The molecule has 0 fully saturated rings. The van der Waals surface area contributed by atoms with E-state index in [4.69, 9.17) is 0 Å². The second-order valence-electron chi connectivity index (χ2n) is 3.57. The third-order valence-corrected chi connectivity index (χ3v) is 2.62. The fourth-order valence-corrected chi connectivity index (χ4v) is 2.05. The lowest BCUT2D eigenvalue weighted by Gasteiger charge is -2.33. The van der Waals surface area contributed by atoms with E-state index in [0.717, 1.165) is 17.9 Å². The van der Waals surface area contributed by atoms with Crippen molar-refractivity contribution in [1.82, 2.24) is 0 Å². The highest BCUT2D eigenvalue weighted by Crippen LogP contribution is 2.35. The van der Waals surface area contributed by atoms with E-state index in [2.05, 4.69) is 28.4 Å². The van der Waals surface area contributed by atoms with Crippen molar-refractivity contribution in [3.8, 4) is 0 Å². The molecule has 1 N–H and O–H groups in total. The minimum atomic E-state index is 0.0740. The van der Waals surface area contributed by atoms with Gasteiger partial charge in [0, 0.05) is 6.54 Å². The molecule has 0 spiro atoms. The first-order valence-electron chi connectivity index (χ1n) is 4.69. The summed E-state index contributed by atoms with van der Waals surface area (Å²) in [5.74, 6) is 0.0740. The van der Waals surface area contributed by atoms with Gasteiger partial charge in [-0.15, -0.1) is 0 Å². The molecule has 1 amide bonds. The summed E-state index contributed by atoms with van der Waals surface area (Å²) in [5, 5.41) is 2.88. The smallest absolute Gasteiger partial charge is 0.243 e. The minimum Gasteiger partial charge on any atom is -0.356 e. The van der Waals surface area contributed by atoms with Gasteiger partial charge in [-0.05, 0) is 11.6 Å². The van der Waals surface area contributed by atoms with Crippen molar-refractivity contribution in [2.24, 2.45) is 0 Å². The van der Waals surface area contributed by atoms with E-state index < -0.39 is 0 Å². The largest absolute Gasteiger partial charge is 0.356 e. The topological polar surface area (TPSA) is 32.3 Å². The zero-order chi connectivity index (χ0) is 9.54. The Bertz CT molecular complexity index is 437. The summed E-state index contributed by atoms with van der Waals surface area (Å²) in [6, 6.07) is 5.98. The van der Waals surface area contributed by atoms with Crippen molar-refractivity contribution in [3.63, 3.8) is 0 Å². The number of anilines is 2. The number of carbonyl (C=O) groups excluding carboxylic acids is 1. The Morgan fingerprint density at radius 2 is 2.29 bits per heavy atom. The van der Waals surface area contributed by atoms with Gasteiger partial charge < -0.3 is 10.2 Å². The molecule has 2 heterocycles. The molecular weight excluding hydrogens is 176 g/mol. The molecule has 0 unspecified atom stereocenters. The number of amides is 1. The number of para-hydroxylation sites is 1. The van der Waals surface area contributed by atoms with Gasteiger partial charge in [-0.25, -0.2) is 0 Å². The van der Waals surface area contributed by atoms with E-state index in [0.29, 0.717) is 6.54 Å². The van der Waals surface area contributed by atoms with Gasteiger partial charge in [0.15, 0.2) is 0 Å². The van der Waals surface area contributed by atoms with Gasteiger partial charge in [-0.3, -0.25) is 4.79 Å².